The van der Waals surface area contributed by atoms with E-state index in [0.29, 0.717) is 6.04 Å². The normalized spacial score (nSPS) is 18.4. The summed E-state index contributed by atoms with van der Waals surface area (Å²) in [5, 5.41) is 17.9. The van der Waals surface area contributed by atoms with Crippen LogP contribution in [0.4, 0.5) is 0 Å². The molecular formula is C24H26N2O2. The SMILES string of the molecule is Oc1ccc(-c2noc(C3(CNC4CCCC4)CC3)c2-c2ccccc2)cc1. The Labute approximate surface area is 165 Å². The molecule has 5 rings (SSSR count). The van der Waals surface area contributed by atoms with Gasteiger partial charge < -0.3 is 14.9 Å². The molecule has 2 aliphatic rings. The monoisotopic (exact) mass is 374 g/mol. The molecule has 0 aliphatic heterocycles. The molecule has 2 N–H and O–H groups in total. The second-order valence-electron chi connectivity index (χ2n) is 8.29. The highest BCUT2D eigenvalue weighted by Gasteiger charge is 2.50. The molecule has 1 heterocycles. The molecule has 2 fully saturated rings. The van der Waals surface area contributed by atoms with Gasteiger partial charge in [0, 0.05) is 23.6 Å². The fourth-order valence-corrected chi connectivity index (χ4v) is 4.45. The fraction of sp³-hybridized carbons (Fsp3) is 0.375. The van der Waals surface area contributed by atoms with E-state index in [1.54, 1.807) is 12.1 Å². The van der Waals surface area contributed by atoms with Crippen LogP contribution in [0.2, 0.25) is 0 Å². The van der Waals surface area contributed by atoms with Crippen LogP contribution in [-0.2, 0) is 5.41 Å². The van der Waals surface area contributed by atoms with Crippen LogP contribution in [0.15, 0.2) is 59.1 Å². The lowest BCUT2D eigenvalue weighted by atomic mass is 9.91. The van der Waals surface area contributed by atoms with Crippen LogP contribution in [0.5, 0.6) is 5.75 Å². The number of nitrogens with one attached hydrogen (secondary N) is 1. The highest BCUT2D eigenvalue weighted by atomic mass is 16.5. The van der Waals surface area contributed by atoms with Gasteiger partial charge in [-0.3, -0.25) is 0 Å². The van der Waals surface area contributed by atoms with Gasteiger partial charge in [-0.25, -0.2) is 0 Å². The van der Waals surface area contributed by atoms with Gasteiger partial charge in [0.15, 0.2) is 5.76 Å². The van der Waals surface area contributed by atoms with Gasteiger partial charge in [-0.15, -0.1) is 0 Å². The van der Waals surface area contributed by atoms with Crippen LogP contribution < -0.4 is 5.32 Å². The standard InChI is InChI=1S/C24H26N2O2/c27-20-12-10-18(11-13-20)22-21(17-6-2-1-3-7-17)23(28-26-22)24(14-15-24)16-25-19-8-4-5-9-19/h1-3,6-7,10-13,19,25,27H,4-5,8-9,14-16H2. The molecule has 0 radical (unpaired) electrons. The highest BCUT2D eigenvalue weighted by molar-refractivity contribution is 5.83. The first kappa shape index (κ1) is 17.5. The topological polar surface area (TPSA) is 58.3 Å². The van der Waals surface area contributed by atoms with Gasteiger partial charge in [-0.1, -0.05) is 48.3 Å². The average molecular weight is 374 g/mol. The quantitative estimate of drug-likeness (QED) is 0.616. The van der Waals surface area contributed by atoms with E-state index < -0.39 is 0 Å². The van der Waals surface area contributed by atoms with Crippen molar-refractivity contribution < 1.29 is 9.63 Å². The number of nitrogens with zero attached hydrogens (tertiary/aromatic N) is 1. The molecule has 0 bridgehead atoms. The number of aromatic hydroxyl groups is 1. The average Bonchev–Trinajstić information content (AvgIpc) is 3.15. The summed E-state index contributed by atoms with van der Waals surface area (Å²) >= 11 is 0. The number of phenolic OH excluding ortho intramolecular Hbond substituents is 1. The molecule has 2 saturated carbocycles. The fourth-order valence-electron chi connectivity index (χ4n) is 4.45. The molecule has 0 atom stereocenters. The third-order valence-electron chi connectivity index (χ3n) is 6.31. The Morgan fingerprint density at radius 2 is 1.68 bits per heavy atom. The number of phenols is 1. The summed E-state index contributed by atoms with van der Waals surface area (Å²) in [6, 6.07) is 18.3. The van der Waals surface area contributed by atoms with Gasteiger partial charge in [0.2, 0.25) is 0 Å². The van der Waals surface area contributed by atoms with E-state index in [-0.39, 0.29) is 11.2 Å². The molecule has 3 aromatic rings. The largest absolute Gasteiger partial charge is 0.508 e. The van der Waals surface area contributed by atoms with E-state index in [2.05, 4.69) is 34.7 Å². The van der Waals surface area contributed by atoms with Crippen LogP contribution in [-0.4, -0.2) is 22.8 Å². The second-order valence-corrected chi connectivity index (χ2v) is 8.29. The van der Waals surface area contributed by atoms with E-state index in [1.165, 1.54) is 25.7 Å². The van der Waals surface area contributed by atoms with Crippen molar-refractivity contribution in [2.45, 2.75) is 50.0 Å². The van der Waals surface area contributed by atoms with E-state index in [1.807, 2.05) is 18.2 Å². The maximum atomic E-state index is 9.66. The van der Waals surface area contributed by atoms with Crippen LogP contribution in [0.3, 0.4) is 0 Å². The predicted octanol–water partition coefficient (Wildman–Crippen LogP) is 5.28. The van der Waals surface area contributed by atoms with Crippen molar-refractivity contribution >= 4 is 0 Å². The Kier molecular flexibility index (Phi) is 4.44. The van der Waals surface area contributed by atoms with Crippen LogP contribution in [0, 0.1) is 0 Å². The zero-order valence-electron chi connectivity index (χ0n) is 16.0. The third-order valence-corrected chi connectivity index (χ3v) is 6.31. The summed E-state index contributed by atoms with van der Waals surface area (Å²) in [5.41, 5.74) is 4.10. The summed E-state index contributed by atoms with van der Waals surface area (Å²) in [6.45, 7) is 0.960. The lowest BCUT2D eigenvalue weighted by Gasteiger charge is -2.19. The molecule has 28 heavy (non-hydrogen) atoms. The molecule has 4 nitrogen and oxygen atoms in total. The summed E-state index contributed by atoms with van der Waals surface area (Å²) in [7, 11) is 0. The van der Waals surface area contributed by atoms with Gasteiger partial charge in [-0.05, 0) is 55.5 Å². The van der Waals surface area contributed by atoms with Crippen molar-refractivity contribution in [2.24, 2.45) is 0 Å². The van der Waals surface area contributed by atoms with Crippen molar-refractivity contribution in [3.8, 4) is 28.1 Å². The molecule has 4 heteroatoms. The summed E-state index contributed by atoms with van der Waals surface area (Å²) in [6.07, 6.45) is 7.53. The lowest BCUT2D eigenvalue weighted by Crippen LogP contribution is -2.34. The Balaban J connectivity index is 1.53. The molecule has 2 aliphatic carbocycles. The summed E-state index contributed by atoms with van der Waals surface area (Å²) < 4.78 is 6.02. The zero-order valence-corrected chi connectivity index (χ0v) is 16.0. The third kappa shape index (κ3) is 3.22. The number of rotatable bonds is 6. The van der Waals surface area contributed by atoms with E-state index in [9.17, 15) is 5.11 Å². The van der Waals surface area contributed by atoms with Crippen molar-refractivity contribution in [2.75, 3.05) is 6.54 Å². The molecule has 144 valence electrons. The summed E-state index contributed by atoms with van der Waals surface area (Å²) in [5.74, 6) is 1.26. The zero-order chi connectivity index (χ0) is 19.0. The second kappa shape index (κ2) is 7.10. The molecule has 0 unspecified atom stereocenters. The molecular weight excluding hydrogens is 348 g/mol. The Hall–Kier alpha value is -2.59. The minimum atomic E-state index is 0.0515. The van der Waals surface area contributed by atoms with Crippen molar-refractivity contribution in [1.82, 2.24) is 10.5 Å². The maximum absolute atomic E-state index is 9.66. The first-order chi connectivity index (χ1) is 13.8. The maximum Gasteiger partial charge on any atom is 0.152 e. The van der Waals surface area contributed by atoms with Gasteiger partial charge in [-0.2, -0.15) is 0 Å². The smallest absolute Gasteiger partial charge is 0.152 e. The number of hydrogen-bond acceptors (Lipinski definition) is 4. The minimum absolute atomic E-state index is 0.0515. The molecule has 2 aromatic carbocycles. The number of aromatic nitrogens is 1. The molecule has 1 aromatic heterocycles. The summed E-state index contributed by atoms with van der Waals surface area (Å²) in [4.78, 5) is 0. The van der Waals surface area contributed by atoms with E-state index in [4.69, 9.17) is 4.52 Å². The number of benzene rings is 2. The molecule has 0 spiro atoms. The van der Waals surface area contributed by atoms with Crippen molar-refractivity contribution in [1.29, 1.82) is 0 Å². The van der Waals surface area contributed by atoms with E-state index >= 15 is 0 Å². The first-order valence-electron chi connectivity index (χ1n) is 10.3. The molecule has 0 amide bonds. The Bertz CT molecular complexity index is 936. The first-order valence-corrected chi connectivity index (χ1v) is 10.3. The highest BCUT2D eigenvalue weighted by Crippen LogP contribution is 2.53. The van der Waals surface area contributed by atoms with Gasteiger partial charge in [0.25, 0.3) is 0 Å². The number of hydrogen-bond donors (Lipinski definition) is 2. The molecule has 0 saturated heterocycles. The van der Waals surface area contributed by atoms with Gasteiger partial charge in [0.1, 0.15) is 11.4 Å². The van der Waals surface area contributed by atoms with E-state index in [0.717, 1.165) is 47.5 Å². The lowest BCUT2D eigenvalue weighted by molar-refractivity contribution is 0.341. The van der Waals surface area contributed by atoms with Gasteiger partial charge >= 0.3 is 0 Å². The van der Waals surface area contributed by atoms with Crippen molar-refractivity contribution in [3.63, 3.8) is 0 Å². The van der Waals surface area contributed by atoms with Crippen molar-refractivity contribution in [3.05, 3.63) is 60.4 Å². The predicted molar refractivity (Wildman–Crippen MR) is 110 cm³/mol. The van der Waals surface area contributed by atoms with Gasteiger partial charge in [0.05, 0.1) is 5.56 Å². The Morgan fingerprint density at radius 1 is 0.964 bits per heavy atom. The van der Waals surface area contributed by atoms with Crippen LogP contribution >= 0.6 is 0 Å². The Morgan fingerprint density at radius 3 is 2.36 bits per heavy atom. The van der Waals surface area contributed by atoms with Crippen LogP contribution in [0.25, 0.3) is 22.4 Å². The minimum Gasteiger partial charge on any atom is -0.508 e. The van der Waals surface area contributed by atoms with Crippen LogP contribution in [0.1, 0.15) is 44.3 Å².